The average Bonchev–Trinajstić information content (AvgIpc) is 3.26. The molecule has 0 spiro atoms. The third-order valence-electron chi connectivity index (χ3n) is 5.85. The molecule has 2 saturated heterocycles. The maximum absolute atomic E-state index is 13.0. The number of aliphatic hydroxyl groups excluding tert-OH is 1. The van der Waals surface area contributed by atoms with Gasteiger partial charge >= 0.3 is 0 Å². The van der Waals surface area contributed by atoms with E-state index in [0.29, 0.717) is 11.3 Å². The van der Waals surface area contributed by atoms with E-state index in [2.05, 4.69) is 5.32 Å². The van der Waals surface area contributed by atoms with Crippen LogP contribution in [0.2, 0.25) is 0 Å². The molecule has 2 aliphatic rings. The number of thiophene rings is 1. The number of hydrogen-bond acceptors (Lipinski definition) is 6. The molecule has 1 aromatic carbocycles. The van der Waals surface area contributed by atoms with Crippen LogP contribution in [0.5, 0.6) is 0 Å². The van der Waals surface area contributed by atoms with E-state index < -0.39 is 14.4 Å². The molecule has 0 saturated carbocycles. The fraction of sp³-hybridized carbons (Fsp3) is 0.500. The fourth-order valence-electron chi connectivity index (χ4n) is 4.47. The highest BCUT2D eigenvalue weighted by molar-refractivity contribution is 7.44. The van der Waals surface area contributed by atoms with E-state index >= 15 is 0 Å². The van der Waals surface area contributed by atoms with Gasteiger partial charge in [-0.1, -0.05) is 6.07 Å². The van der Waals surface area contributed by atoms with Gasteiger partial charge in [-0.15, -0.1) is 11.3 Å². The number of benzene rings is 1. The van der Waals surface area contributed by atoms with Gasteiger partial charge in [0.05, 0.1) is 17.5 Å². The van der Waals surface area contributed by atoms with Gasteiger partial charge in [0.15, 0.2) is 8.38 Å². The minimum Gasteiger partial charge on any atom is -0.394 e. The lowest BCUT2D eigenvalue weighted by atomic mass is 10.1. The molecular weight excluding hydrogens is 411 g/mol. The van der Waals surface area contributed by atoms with Gasteiger partial charge in [-0.2, -0.15) is 0 Å². The molecule has 2 aromatic rings. The standard InChI is InChI=1S/C20H25N2O5PS/c23-10-15-6-5-14-2-1-3-16(20(25)22(14)15)21-19(24)18-9-13-8-12(11-28(26)27)4-7-17(13)29-18/h4,7-9,14-16,23,26-27H,1-3,5-6,10-11H2,(H,21,24)/t14-,15-,16-/m0/s1. The lowest BCUT2D eigenvalue weighted by Gasteiger charge is -2.30. The average molecular weight is 436 g/mol. The number of carbonyl (C=O) groups excluding carboxylic acids is 2. The first kappa shape index (κ1) is 20.7. The quantitative estimate of drug-likeness (QED) is 0.538. The van der Waals surface area contributed by atoms with Crippen LogP contribution in [0.25, 0.3) is 10.1 Å². The van der Waals surface area contributed by atoms with Crippen molar-refractivity contribution in [2.45, 2.75) is 56.4 Å². The maximum Gasteiger partial charge on any atom is 0.262 e. The van der Waals surface area contributed by atoms with Crippen LogP contribution < -0.4 is 5.32 Å². The number of hydrogen-bond donors (Lipinski definition) is 4. The zero-order valence-electron chi connectivity index (χ0n) is 16.0. The summed E-state index contributed by atoms with van der Waals surface area (Å²) in [4.78, 5) is 46.6. The Bertz CT molecular complexity index is 917. The van der Waals surface area contributed by atoms with E-state index in [9.17, 15) is 24.5 Å². The van der Waals surface area contributed by atoms with Crippen LogP contribution in [-0.2, 0) is 11.0 Å². The van der Waals surface area contributed by atoms with Gasteiger partial charge in [0.2, 0.25) is 5.91 Å². The largest absolute Gasteiger partial charge is 0.394 e. The molecule has 3 heterocycles. The highest BCUT2D eigenvalue weighted by atomic mass is 32.1. The van der Waals surface area contributed by atoms with Crippen LogP contribution in [0.15, 0.2) is 24.3 Å². The van der Waals surface area contributed by atoms with E-state index in [-0.39, 0.29) is 36.7 Å². The normalized spacial score (nSPS) is 24.8. The summed E-state index contributed by atoms with van der Waals surface area (Å²) in [5, 5.41) is 13.4. The van der Waals surface area contributed by atoms with Gasteiger partial charge in [0.25, 0.3) is 5.91 Å². The third kappa shape index (κ3) is 4.32. The zero-order chi connectivity index (χ0) is 20.5. The lowest BCUT2D eigenvalue weighted by Crippen LogP contribution is -2.51. The molecule has 3 atom stereocenters. The molecule has 9 heteroatoms. The summed E-state index contributed by atoms with van der Waals surface area (Å²) >= 11 is 1.36. The Morgan fingerprint density at radius 1 is 1.21 bits per heavy atom. The summed E-state index contributed by atoms with van der Waals surface area (Å²) in [7, 11) is -2.00. The predicted octanol–water partition coefficient (Wildman–Crippen LogP) is 2.33. The summed E-state index contributed by atoms with van der Waals surface area (Å²) in [5.74, 6) is -0.351. The minimum absolute atomic E-state index is 0.0363. The lowest BCUT2D eigenvalue weighted by molar-refractivity contribution is -0.136. The van der Waals surface area contributed by atoms with Gasteiger partial charge in [-0.3, -0.25) is 9.59 Å². The molecule has 7 nitrogen and oxygen atoms in total. The molecular formula is C20H25N2O5PS. The van der Waals surface area contributed by atoms with Crippen LogP contribution in [0.3, 0.4) is 0 Å². The molecule has 156 valence electrons. The summed E-state index contributed by atoms with van der Waals surface area (Å²) < 4.78 is 0.936. The predicted molar refractivity (Wildman–Crippen MR) is 113 cm³/mol. The number of rotatable bonds is 5. The fourth-order valence-corrected chi connectivity index (χ4v) is 5.94. The number of fused-ring (bicyclic) bond motifs is 2. The maximum atomic E-state index is 13.0. The second-order valence-electron chi connectivity index (χ2n) is 7.78. The summed E-state index contributed by atoms with van der Waals surface area (Å²) in [6, 6.07) is 6.83. The highest BCUT2D eigenvalue weighted by Crippen LogP contribution is 2.34. The Kier molecular flexibility index (Phi) is 6.18. The van der Waals surface area contributed by atoms with Crippen molar-refractivity contribution in [1.82, 2.24) is 10.2 Å². The van der Waals surface area contributed by atoms with Gasteiger partial charge in [-0.05, 0) is 61.3 Å². The van der Waals surface area contributed by atoms with Crippen LogP contribution >= 0.6 is 19.7 Å². The first-order valence-electron chi connectivity index (χ1n) is 9.88. The van der Waals surface area contributed by atoms with Crippen molar-refractivity contribution in [1.29, 1.82) is 0 Å². The Morgan fingerprint density at radius 3 is 2.79 bits per heavy atom. The first-order chi connectivity index (χ1) is 14.0. The molecule has 0 radical (unpaired) electrons. The van der Waals surface area contributed by atoms with Gasteiger partial charge in [-0.25, -0.2) is 0 Å². The van der Waals surface area contributed by atoms with Crippen molar-refractivity contribution in [3.05, 3.63) is 34.7 Å². The second kappa shape index (κ2) is 8.66. The van der Waals surface area contributed by atoms with Crippen molar-refractivity contribution in [3.8, 4) is 0 Å². The zero-order valence-corrected chi connectivity index (χ0v) is 17.7. The van der Waals surface area contributed by atoms with Gasteiger partial charge < -0.3 is 25.1 Å². The third-order valence-corrected chi connectivity index (χ3v) is 7.61. The van der Waals surface area contributed by atoms with Gasteiger partial charge in [0.1, 0.15) is 6.04 Å². The van der Waals surface area contributed by atoms with Crippen LogP contribution in [0.1, 0.15) is 47.3 Å². The van der Waals surface area contributed by atoms with Crippen LogP contribution in [0.4, 0.5) is 0 Å². The van der Waals surface area contributed by atoms with E-state index in [1.54, 1.807) is 11.0 Å². The summed E-state index contributed by atoms with van der Waals surface area (Å²) in [5.41, 5.74) is 0.812. The number of carbonyl (C=O) groups is 2. The van der Waals surface area contributed by atoms with Crippen molar-refractivity contribution in [2.24, 2.45) is 0 Å². The summed E-state index contributed by atoms with van der Waals surface area (Å²) in [6.07, 6.45) is 4.33. The molecule has 2 fully saturated rings. The Morgan fingerprint density at radius 2 is 2.03 bits per heavy atom. The van der Waals surface area contributed by atoms with Crippen LogP contribution in [0, 0.1) is 0 Å². The van der Waals surface area contributed by atoms with Crippen molar-refractivity contribution in [2.75, 3.05) is 6.61 Å². The van der Waals surface area contributed by atoms with Crippen molar-refractivity contribution in [3.63, 3.8) is 0 Å². The van der Waals surface area contributed by atoms with E-state index in [1.807, 2.05) is 18.2 Å². The number of nitrogens with zero attached hydrogens (tertiary/aromatic N) is 1. The second-order valence-corrected chi connectivity index (χ2v) is 9.93. The molecule has 0 unspecified atom stereocenters. The molecule has 4 N–H and O–H groups in total. The Labute approximate surface area is 174 Å². The van der Waals surface area contributed by atoms with E-state index in [4.69, 9.17) is 0 Å². The minimum atomic E-state index is -2.00. The molecule has 0 aliphatic carbocycles. The molecule has 0 bridgehead atoms. The van der Waals surface area contributed by atoms with Crippen molar-refractivity contribution < 1.29 is 24.5 Å². The SMILES string of the molecule is O=C(N[C@H]1CCC[C@H]2CC[C@@H](CO)N2C1=O)c1cc2cc(CP(O)O)ccc2s1. The topological polar surface area (TPSA) is 110 Å². The molecule has 2 amide bonds. The molecule has 29 heavy (non-hydrogen) atoms. The monoisotopic (exact) mass is 436 g/mol. The molecule has 4 rings (SSSR count). The Balaban J connectivity index is 1.50. The highest BCUT2D eigenvalue weighted by Gasteiger charge is 2.41. The number of aliphatic hydroxyl groups is 1. The van der Waals surface area contributed by atoms with Crippen LogP contribution in [-0.4, -0.2) is 56.3 Å². The van der Waals surface area contributed by atoms with Crippen molar-refractivity contribution >= 4 is 41.6 Å². The Hall–Kier alpha value is -1.57. The van der Waals surface area contributed by atoms with E-state index in [0.717, 1.165) is 41.3 Å². The molecule has 2 aliphatic heterocycles. The summed E-state index contributed by atoms with van der Waals surface area (Å²) in [6.45, 7) is -0.0363. The van der Waals surface area contributed by atoms with E-state index in [1.165, 1.54) is 11.3 Å². The van der Waals surface area contributed by atoms with Gasteiger partial charge in [0, 0.05) is 16.9 Å². The smallest absolute Gasteiger partial charge is 0.262 e. The first-order valence-corrected chi connectivity index (χ1v) is 12.1. The number of nitrogens with one attached hydrogen (secondary N) is 1. The molecule has 1 aromatic heterocycles. The number of amides is 2.